The van der Waals surface area contributed by atoms with Gasteiger partial charge >= 0.3 is 0 Å². The van der Waals surface area contributed by atoms with Gasteiger partial charge in [-0.15, -0.1) is 0 Å². The number of nitrogens with two attached hydrogens (primary N) is 1. The number of anilines is 1. The smallest absolute Gasteiger partial charge is 0.125 e. The molecule has 2 rings (SSSR count). The van der Waals surface area contributed by atoms with E-state index in [1.54, 1.807) is 7.11 Å². The molecule has 0 saturated carbocycles. The van der Waals surface area contributed by atoms with E-state index < -0.39 is 5.60 Å². The van der Waals surface area contributed by atoms with Crippen LogP contribution in [0.3, 0.4) is 0 Å². The first-order chi connectivity index (χ1) is 8.50. The molecule has 0 aromatic heterocycles. The summed E-state index contributed by atoms with van der Waals surface area (Å²) in [6, 6.07) is 5.77. The first-order valence-electron chi connectivity index (χ1n) is 6.37. The van der Waals surface area contributed by atoms with Gasteiger partial charge in [-0.3, -0.25) is 4.90 Å². The number of ether oxygens (including phenoxy) is 1. The predicted molar refractivity (Wildman–Crippen MR) is 72.5 cm³/mol. The Hall–Kier alpha value is -1.26. The molecule has 3 N–H and O–H groups in total. The quantitative estimate of drug-likeness (QED) is 0.800. The molecule has 18 heavy (non-hydrogen) atoms. The Morgan fingerprint density at radius 1 is 1.39 bits per heavy atom. The molecule has 0 spiro atoms. The molecule has 1 aliphatic rings. The summed E-state index contributed by atoms with van der Waals surface area (Å²) in [7, 11) is 1.67. The fourth-order valence-electron chi connectivity index (χ4n) is 2.33. The average Bonchev–Trinajstić information content (AvgIpc) is 2.34. The highest BCUT2D eigenvalue weighted by atomic mass is 16.5. The van der Waals surface area contributed by atoms with Crippen molar-refractivity contribution in [3.8, 4) is 5.75 Å². The number of nitrogens with zero attached hydrogens (tertiary/aromatic N) is 1. The zero-order valence-electron chi connectivity index (χ0n) is 11.1. The average molecular weight is 250 g/mol. The van der Waals surface area contributed by atoms with Crippen molar-refractivity contribution in [1.29, 1.82) is 0 Å². The second kappa shape index (κ2) is 5.16. The van der Waals surface area contributed by atoms with E-state index in [-0.39, 0.29) is 0 Å². The highest BCUT2D eigenvalue weighted by Crippen LogP contribution is 2.26. The van der Waals surface area contributed by atoms with Crippen LogP contribution in [-0.4, -0.2) is 35.8 Å². The van der Waals surface area contributed by atoms with Crippen molar-refractivity contribution in [3.63, 3.8) is 0 Å². The molecule has 4 heteroatoms. The van der Waals surface area contributed by atoms with E-state index in [0.29, 0.717) is 0 Å². The molecule has 0 radical (unpaired) electrons. The molecule has 1 aromatic carbocycles. The molecule has 1 aromatic rings. The van der Waals surface area contributed by atoms with E-state index in [2.05, 4.69) is 4.90 Å². The van der Waals surface area contributed by atoms with Crippen molar-refractivity contribution in [1.82, 2.24) is 4.90 Å². The van der Waals surface area contributed by atoms with Gasteiger partial charge in [0.2, 0.25) is 0 Å². The summed E-state index contributed by atoms with van der Waals surface area (Å²) in [4.78, 5) is 2.34. The monoisotopic (exact) mass is 250 g/mol. The molecule has 0 amide bonds. The fraction of sp³-hybridized carbons (Fsp3) is 0.571. The van der Waals surface area contributed by atoms with Crippen LogP contribution in [0.15, 0.2) is 18.2 Å². The first kappa shape index (κ1) is 13.2. The number of benzene rings is 1. The maximum absolute atomic E-state index is 9.93. The van der Waals surface area contributed by atoms with Crippen LogP contribution in [0.4, 0.5) is 5.69 Å². The van der Waals surface area contributed by atoms with Crippen molar-refractivity contribution in [3.05, 3.63) is 23.8 Å². The van der Waals surface area contributed by atoms with Gasteiger partial charge in [0.15, 0.2) is 0 Å². The summed E-state index contributed by atoms with van der Waals surface area (Å²) in [5, 5.41) is 9.93. The Balaban J connectivity index is 2.02. The second-order valence-electron chi connectivity index (χ2n) is 5.34. The highest BCUT2D eigenvalue weighted by Gasteiger charge is 2.27. The van der Waals surface area contributed by atoms with Gasteiger partial charge in [0.25, 0.3) is 0 Å². The van der Waals surface area contributed by atoms with E-state index >= 15 is 0 Å². The topological polar surface area (TPSA) is 58.7 Å². The van der Waals surface area contributed by atoms with Crippen molar-refractivity contribution in [2.75, 3.05) is 25.9 Å². The zero-order chi connectivity index (χ0) is 13.2. The Labute approximate surface area is 108 Å². The van der Waals surface area contributed by atoms with Crippen molar-refractivity contribution >= 4 is 5.69 Å². The van der Waals surface area contributed by atoms with Crippen LogP contribution in [0.2, 0.25) is 0 Å². The lowest BCUT2D eigenvalue weighted by molar-refractivity contribution is -0.00741. The molecule has 1 fully saturated rings. The molecule has 1 aliphatic heterocycles. The van der Waals surface area contributed by atoms with Crippen LogP contribution in [-0.2, 0) is 6.54 Å². The normalized spacial score (nSPS) is 19.7. The zero-order valence-corrected chi connectivity index (χ0v) is 11.1. The van der Waals surface area contributed by atoms with E-state index in [4.69, 9.17) is 10.5 Å². The van der Waals surface area contributed by atoms with Crippen LogP contribution in [0.25, 0.3) is 0 Å². The standard InChI is InChI=1S/C14H22N2O2/c1-14(17)5-7-16(8-6-14)10-11-3-4-12(15)9-13(11)18-2/h3-4,9,17H,5-8,10,15H2,1-2H3. The third kappa shape index (κ3) is 3.15. The van der Waals surface area contributed by atoms with Crippen LogP contribution < -0.4 is 10.5 Å². The SMILES string of the molecule is COc1cc(N)ccc1CN1CCC(C)(O)CC1. The Morgan fingerprint density at radius 2 is 2.06 bits per heavy atom. The lowest BCUT2D eigenvalue weighted by Crippen LogP contribution is -2.41. The largest absolute Gasteiger partial charge is 0.496 e. The van der Waals surface area contributed by atoms with Crippen molar-refractivity contribution in [2.45, 2.75) is 31.9 Å². The van der Waals surface area contributed by atoms with Gasteiger partial charge < -0.3 is 15.6 Å². The third-order valence-corrected chi connectivity index (χ3v) is 3.64. The Kier molecular flexibility index (Phi) is 3.78. The molecule has 4 nitrogen and oxygen atoms in total. The Bertz CT molecular complexity index is 408. The maximum Gasteiger partial charge on any atom is 0.125 e. The van der Waals surface area contributed by atoms with Crippen LogP contribution >= 0.6 is 0 Å². The molecule has 0 atom stereocenters. The number of aliphatic hydroxyl groups is 1. The fourth-order valence-corrected chi connectivity index (χ4v) is 2.33. The van der Waals surface area contributed by atoms with Gasteiger partial charge in [-0.1, -0.05) is 6.07 Å². The van der Waals surface area contributed by atoms with Crippen LogP contribution in [0, 0.1) is 0 Å². The van der Waals surface area contributed by atoms with E-state index in [0.717, 1.165) is 49.5 Å². The molecular weight excluding hydrogens is 228 g/mol. The second-order valence-corrected chi connectivity index (χ2v) is 5.34. The third-order valence-electron chi connectivity index (χ3n) is 3.64. The minimum absolute atomic E-state index is 0.498. The number of likely N-dealkylation sites (tertiary alicyclic amines) is 1. The molecule has 1 heterocycles. The van der Waals surface area contributed by atoms with E-state index in [1.165, 1.54) is 0 Å². The molecule has 100 valence electrons. The van der Waals surface area contributed by atoms with Crippen molar-refractivity contribution in [2.24, 2.45) is 0 Å². The van der Waals surface area contributed by atoms with Crippen molar-refractivity contribution < 1.29 is 9.84 Å². The lowest BCUT2D eigenvalue weighted by Gasteiger charge is -2.35. The molecular formula is C14H22N2O2. The summed E-state index contributed by atoms with van der Waals surface area (Å²) >= 11 is 0. The van der Waals surface area contributed by atoms with Gasteiger partial charge in [-0.2, -0.15) is 0 Å². The molecule has 0 aliphatic carbocycles. The van der Waals surface area contributed by atoms with Crippen LogP contribution in [0.5, 0.6) is 5.75 Å². The number of hydrogen-bond donors (Lipinski definition) is 2. The summed E-state index contributed by atoms with van der Waals surface area (Å²) in [5.74, 6) is 0.840. The van der Waals surface area contributed by atoms with Gasteiger partial charge in [-0.25, -0.2) is 0 Å². The van der Waals surface area contributed by atoms with Gasteiger partial charge in [0.1, 0.15) is 5.75 Å². The van der Waals surface area contributed by atoms with Gasteiger partial charge in [0, 0.05) is 37.0 Å². The minimum Gasteiger partial charge on any atom is -0.496 e. The molecule has 1 saturated heterocycles. The predicted octanol–water partition coefficient (Wildman–Crippen LogP) is 1.62. The minimum atomic E-state index is -0.498. The maximum atomic E-state index is 9.93. The number of nitrogen functional groups attached to an aromatic ring is 1. The highest BCUT2D eigenvalue weighted by molar-refractivity contribution is 5.48. The summed E-state index contributed by atoms with van der Waals surface area (Å²) in [6.45, 7) is 4.59. The molecule has 0 unspecified atom stereocenters. The van der Waals surface area contributed by atoms with E-state index in [9.17, 15) is 5.11 Å². The van der Waals surface area contributed by atoms with Gasteiger partial charge in [0.05, 0.1) is 12.7 Å². The van der Waals surface area contributed by atoms with E-state index in [1.807, 2.05) is 25.1 Å². The summed E-state index contributed by atoms with van der Waals surface area (Å²) in [6.07, 6.45) is 1.65. The lowest BCUT2D eigenvalue weighted by atomic mass is 9.93. The summed E-state index contributed by atoms with van der Waals surface area (Å²) < 4.78 is 5.35. The Morgan fingerprint density at radius 3 is 2.67 bits per heavy atom. The van der Waals surface area contributed by atoms with Gasteiger partial charge in [-0.05, 0) is 25.8 Å². The number of rotatable bonds is 3. The summed E-state index contributed by atoms with van der Waals surface area (Å²) in [5.41, 5.74) is 7.11. The first-order valence-corrected chi connectivity index (χ1v) is 6.37. The van der Waals surface area contributed by atoms with Crippen LogP contribution in [0.1, 0.15) is 25.3 Å². The number of hydrogen-bond acceptors (Lipinski definition) is 4. The number of methoxy groups -OCH3 is 1. The molecule has 0 bridgehead atoms. The number of piperidine rings is 1.